The highest BCUT2D eigenvalue weighted by molar-refractivity contribution is 5.82. The molecular weight excluding hydrogens is 491 g/mol. The predicted octanol–water partition coefficient (Wildman–Crippen LogP) is 4.81. The smallest absolute Gasteiger partial charge is 0.416 e. The molecule has 8 heteroatoms. The summed E-state index contributed by atoms with van der Waals surface area (Å²) < 4.78 is 46.2. The molecule has 38 heavy (non-hydrogen) atoms. The molecule has 0 unspecified atom stereocenters. The lowest BCUT2D eigenvalue weighted by Crippen LogP contribution is -2.61. The molecule has 2 atom stereocenters. The van der Waals surface area contributed by atoms with Crippen LogP contribution in [0, 0.1) is 5.92 Å². The van der Waals surface area contributed by atoms with Crippen LogP contribution < -0.4 is 15.0 Å². The van der Waals surface area contributed by atoms with E-state index in [0.717, 1.165) is 29.6 Å². The monoisotopic (exact) mass is 523 g/mol. The van der Waals surface area contributed by atoms with E-state index in [2.05, 4.69) is 15.1 Å². The number of ether oxygens (including phenoxy) is 1. The third kappa shape index (κ3) is 6.13. The van der Waals surface area contributed by atoms with Crippen LogP contribution >= 0.6 is 0 Å². The van der Waals surface area contributed by atoms with E-state index in [0.29, 0.717) is 44.8 Å². The molecule has 1 N–H and O–H groups in total. The second kappa shape index (κ2) is 11.5. The average Bonchev–Trinajstić information content (AvgIpc) is 2.93. The minimum atomic E-state index is -4.42. The van der Waals surface area contributed by atoms with E-state index in [1.807, 2.05) is 60.7 Å². The number of hydrogen-bond acceptors (Lipinski definition) is 4. The summed E-state index contributed by atoms with van der Waals surface area (Å²) in [5.74, 6) is 0.259. The van der Waals surface area contributed by atoms with Gasteiger partial charge in [-0.05, 0) is 54.3 Å². The van der Waals surface area contributed by atoms with Gasteiger partial charge in [-0.3, -0.25) is 9.69 Å². The molecule has 2 aliphatic heterocycles. The number of piperazine rings is 1. The molecule has 1 fully saturated rings. The lowest BCUT2D eigenvalue weighted by molar-refractivity contribution is -0.137. The van der Waals surface area contributed by atoms with Gasteiger partial charge in [0.2, 0.25) is 5.91 Å². The van der Waals surface area contributed by atoms with Gasteiger partial charge in [-0.2, -0.15) is 13.2 Å². The Hall–Kier alpha value is -3.52. The summed E-state index contributed by atoms with van der Waals surface area (Å²) in [5.41, 5.74) is 1.84. The third-order valence-corrected chi connectivity index (χ3v) is 7.44. The first-order valence-electron chi connectivity index (χ1n) is 13.1. The Kier molecular flexibility index (Phi) is 7.88. The Balaban J connectivity index is 1.30. The molecule has 5 rings (SSSR count). The van der Waals surface area contributed by atoms with Crippen LogP contribution in [0.3, 0.4) is 0 Å². The van der Waals surface area contributed by atoms with Gasteiger partial charge in [0.05, 0.1) is 17.5 Å². The minimum Gasteiger partial charge on any atom is -0.492 e. The van der Waals surface area contributed by atoms with Gasteiger partial charge in [0.15, 0.2) is 0 Å². The zero-order valence-corrected chi connectivity index (χ0v) is 21.2. The van der Waals surface area contributed by atoms with Crippen LogP contribution in [0.25, 0.3) is 0 Å². The summed E-state index contributed by atoms with van der Waals surface area (Å²) in [6.45, 7) is 3.75. The number of carbonyl (C=O) groups excluding carboxylic acids is 1. The molecular formula is C30H32F3N3O2. The van der Waals surface area contributed by atoms with Gasteiger partial charge in [0.25, 0.3) is 0 Å². The van der Waals surface area contributed by atoms with E-state index in [-0.39, 0.29) is 18.4 Å². The maximum atomic E-state index is 13.5. The lowest BCUT2D eigenvalue weighted by Gasteiger charge is -2.49. The maximum Gasteiger partial charge on any atom is 0.416 e. The molecule has 0 radical (unpaired) electrons. The molecule has 0 bridgehead atoms. The summed E-state index contributed by atoms with van der Waals surface area (Å²) in [7, 11) is 0. The van der Waals surface area contributed by atoms with Crippen molar-refractivity contribution >= 4 is 11.6 Å². The van der Waals surface area contributed by atoms with Gasteiger partial charge < -0.3 is 15.0 Å². The number of nitrogens with zero attached hydrogens (tertiary/aromatic N) is 2. The van der Waals surface area contributed by atoms with Crippen LogP contribution in [0.5, 0.6) is 5.75 Å². The first kappa shape index (κ1) is 26.1. The first-order chi connectivity index (χ1) is 18.4. The van der Waals surface area contributed by atoms with E-state index in [9.17, 15) is 18.0 Å². The summed E-state index contributed by atoms with van der Waals surface area (Å²) in [4.78, 5) is 17.9. The largest absolute Gasteiger partial charge is 0.492 e. The molecule has 1 saturated heterocycles. The normalized spacial score (nSPS) is 19.4. The second-order valence-corrected chi connectivity index (χ2v) is 9.90. The van der Waals surface area contributed by atoms with Crippen molar-refractivity contribution in [3.8, 4) is 5.75 Å². The number of para-hydroxylation sites is 1. The van der Waals surface area contributed by atoms with Gasteiger partial charge in [0.1, 0.15) is 12.4 Å². The number of benzene rings is 3. The van der Waals surface area contributed by atoms with Crippen molar-refractivity contribution in [1.29, 1.82) is 0 Å². The highest BCUT2D eigenvalue weighted by atomic mass is 19.4. The van der Waals surface area contributed by atoms with Gasteiger partial charge in [-0.1, -0.05) is 48.5 Å². The summed E-state index contributed by atoms with van der Waals surface area (Å²) >= 11 is 0. The van der Waals surface area contributed by atoms with E-state index in [4.69, 9.17) is 4.74 Å². The van der Waals surface area contributed by atoms with Crippen LogP contribution in [-0.2, 0) is 23.8 Å². The quantitative estimate of drug-likeness (QED) is 0.461. The summed E-state index contributed by atoms with van der Waals surface area (Å²) in [6, 6.07) is 23.4. The van der Waals surface area contributed by atoms with Crippen molar-refractivity contribution in [3.63, 3.8) is 0 Å². The third-order valence-electron chi connectivity index (χ3n) is 7.44. The molecule has 1 amide bonds. The van der Waals surface area contributed by atoms with Crippen molar-refractivity contribution in [2.45, 2.75) is 25.1 Å². The number of carbonyl (C=O) groups is 1. The van der Waals surface area contributed by atoms with Gasteiger partial charge >= 0.3 is 6.18 Å². The van der Waals surface area contributed by atoms with Crippen LogP contribution in [-0.4, -0.2) is 56.2 Å². The Labute approximate surface area is 221 Å². The Bertz CT molecular complexity index is 1220. The first-order valence-corrected chi connectivity index (χ1v) is 13.1. The summed E-state index contributed by atoms with van der Waals surface area (Å²) in [6.07, 6.45) is -3.44. The second-order valence-electron chi connectivity index (χ2n) is 9.90. The van der Waals surface area contributed by atoms with Gasteiger partial charge in [-0.25, -0.2) is 0 Å². The highest BCUT2D eigenvalue weighted by Gasteiger charge is 2.42. The lowest BCUT2D eigenvalue weighted by atomic mass is 9.82. The van der Waals surface area contributed by atoms with Crippen LogP contribution in [0.15, 0.2) is 78.9 Å². The number of anilines is 1. The van der Waals surface area contributed by atoms with Crippen molar-refractivity contribution in [2.75, 3.05) is 44.2 Å². The number of rotatable bonds is 8. The average molecular weight is 524 g/mol. The Morgan fingerprint density at radius 2 is 1.71 bits per heavy atom. The molecule has 3 aromatic carbocycles. The van der Waals surface area contributed by atoms with Crippen molar-refractivity contribution in [2.24, 2.45) is 5.92 Å². The molecule has 3 aromatic rings. The van der Waals surface area contributed by atoms with E-state index in [1.165, 1.54) is 6.07 Å². The molecule has 2 heterocycles. The Morgan fingerprint density at radius 3 is 2.45 bits per heavy atom. The van der Waals surface area contributed by atoms with E-state index in [1.54, 1.807) is 6.07 Å². The Morgan fingerprint density at radius 1 is 0.974 bits per heavy atom. The number of halogens is 3. The number of alkyl halides is 3. The van der Waals surface area contributed by atoms with Crippen molar-refractivity contribution in [3.05, 3.63) is 95.6 Å². The number of hydrogen-bond donors (Lipinski definition) is 1. The number of fused-ring (bicyclic) bond motifs is 3. The van der Waals surface area contributed by atoms with Gasteiger partial charge in [-0.15, -0.1) is 0 Å². The molecule has 0 saturated carbocycles. The van der Waals surface area contributed by atoms with Crippen LogP contribution in [0.4, 0.5) is 18.9 Å². The van der Waals surface area contributed by atoms with Crippen LogP contribution in [0.1, 0.15) is 16.7 Å². The standard InChI is InChI=1S/C30H32F3N3O2/c31-30(32,33)24-11-12-27-23(19-24)20-26(29(37)34-14-13-22-7-3-1-4-8-22)28-21-35(15-16-36(27)28)17-18-38-25-9-5-2-6-10-25/h1-12,19,26,28H,13-18,20-21H2,(H,34,37)/t26-,28-/m0/s1. The number of nitrogens with one attached hydrogen (secondary N) is 1. The summed E-state index contributed by atoms with van der Waals surface area (Å²) in [5, 5.41) is 3.06. The molecule has 0 spiro atoms. The molecule has 200 valence electrons. The maximum absolute atomic E-state index is 13.5. The fraction of sp³-hybridized carbons (Fsp3) is 0.367. The van der Waals surface area contributed by atoms with Crippen LogP contribution in [0.2, 0.25) is 0 Å². The number of amides is 1. The molecule has 5 nitrogen and oxygen atoms in total. The zero-order chi connectivity index (χ0) is 26.5. The SMILES string of the molecule is O=C(NCCc1ccccc1)[C@H]1Cc2cc(C(F)(F)F)ccc2N2CCN(CCOc3ccccc3)C[C@@H]12. The predicted molar refractivity (Wildman–Crippen MR) is 141 cm³/mol. The van der Waals surface area contributed by atoms with Crippen molar-refractivity contribution < 1.29 is 22.7 Å². The zero-order valence-electron chi connectivity index (χ0n) is 21.2. The highest BCUT2D eigenvalue weighted by Crippen LogP contribution is 2.39. The molecule has 0 aliphatic carbocycles. The van der Waals surface area contributed by atoms with Gasteiger partial charge in [0, 0.05) is 38.4 Å². The molecule has 0 aromatic heterocycles. The molecule has 2 aliphatic rings. The minimum absolute atomic E-state index is 0.110. The topological polar surface area (TPSA) is 44.8 Å². The van der Waals surface area contributed by atoms with E-state index < -0.39 is 17.7 Å². The fourth-order valence-corrected chi connectivity index (χ4v) is 5.48. The fourth-order valence-electron chi connectivity index (χ4n) is 5.48. The van der Waals surface area contributed by atoms with Crippen molar-refractivity contribution in [1.82, 2.24) is 10.2 Å². The van der Waals surface area contributed by atoms with E-state index >= 15 is 0 Å².